The van der Waals surface area contributed by atoms with E-state index in [1.54, 1.807) is 26.0 Å². The molecular weight excluding hydrogens is 344 g/mol. The van der Waals surface area contributed by atoms with E-state index in [4.69, 9.17) is 9.47 Å². The van der Waals surface area contributed by atoms with Gasteiger partial charge in [0, 0.05) is 18.8 Å². The van der Waals surface area contributed by atoms with Crippen LogP contribution in [0, 0.1) is 11.3 Å². The molecule has 0 spiro atoms. The van der Waals surface area contributed by atoms with Gasteiger partial charge in [-0.1, -0.05) is 12.1 Å². The number of rotatable bonds is 5. The Morgan fingerprint density at radius 2 is 1.44 bits per heavy atom. The van der Waals surface area contributed by atoms with Crippen molar-refractivity contribution in [3.8, 4) is 17.2 Å². The van der Waals surface area contributed by atoms with Gasteiger partial charge in [-0.3, -0.25) is 0 Å². The van der Waals surface area contributed by atoms with Gasteiger partial charge in [0.2, 0.25) is 0 Å². The van der Waals surface area contributed by atoms with Crippen molar-refractivity contribution in [2.24, 2.45) is 0 Å². The monoisotopic (exact) mass is 366 g/mol. The smallest absolute Gasteiger partial charge is 0.340 e. The number of carbonyl (C=O) groups is 2. The molecule has 27 heavy (non-hydrogen) atoms. The van der Waals surface area contributed by atoms with Crippen molar-refractivity contribution in [2.75, 3.05) is 31.2 Å². The fourth-order valence-electron chi connectivity index (χ4n) is 3.53. The number of nitrogens with zero attached hydrogens (tertiary/aromatic N) is 2. The molecular formula is C21H22N2O4. The molecule has 3 rings (SSSR count). The summed E-state index contributed by atoms with van der Waals surface area (Å²) in [5.41, 5.74) is 2.33. The third-order valence-electron chi connectivity index (χ3n) is 4.71. The van der Waals surface area contributed by atoms with Crippen molar-refractivity contribution in [1.82, 2.24) is 0 Å². The maximum Gasteiger partial charge on any atom is 0.340 e. The van der Waals surface area contributed by atoms with Crippen LogP contribution in [0.3, 0.4) is 0 Å². The molecule has 0 unspecified atom stereocenters. The lowest BCUT2D eigenvalue weighted by atomic mass is 10.1. The fraction of sp³-hybridized carbons (Fsp3) is 0.381. The van der Waals surface area contributed by atoms with Gasteiger partial charge >= 0.3 is 11.9 Å². The molecule has 1 heterocycles. The molecule has 0 N–H and O–H groups in total. The van der Waals surface area contributed by atoms with Crippen LogP contribution >= 0.6 is 0 Å². The highest BCUT2D eigenvalue weighted by Crippen LogP contribution is 2.38. The zero-order valence-electron chi connectivity index (χ0n) is 15.6. The Labute approximate surface area is 158 Å². The first-order valence-corrected chi connectivity index (χ1v) is 9.21. The molecule has 0 aromatic heterocycles. The molecule has 140 valence electrons. The minimum Gasteiger partial charge on any atom is -0.462 e. The van der Waals surface area contributed by atoms with Gasteiger partial charge in [0.25, 0.3) is 0 Å². The second kappa shape index (κ2) is 8.09. The molecule has 0 saturated carbocycles. The normalized spacial score (nSPS) is 13.4. The Morgan fingerprint density at radius 1 is 0.963 bits per heavy atom. The lowest BCUT2D eigenvalue weighted by Crippen LogP contribution is -2.16. The van der Waals surface area contributed by atoms with Crippen molar-refractivity contribution in [3.63, 3.8) is 0 Å². The summed E-state index contributed by atoms with van der Waals surface area (Å²) in [7, 11) is 0. The maximum atomic E-state index is 12.5. The highest BCUT2D eigenvalue weighted by atomic mass is 16.5. The van der Waals surface area contributed by atoms with Crippen LogP contribution in [0.2, 0.25) is 0 Å². The number of carbonyl (C=O) groups excluding carboxylic acids is 2. The van der Waals surface area contributed by atoms with Gasteiger partial charge in [-0.05, 0) is 49.9 Å². The van der Waals surface area contributed by atoms with E-state index in [1.807, 2.05) is 18.2 Å². The molecule has 0 radical (unpaired) electrons. The first-order valence-electron chi connectivity index (χ1n) is 9.21. The minimum absolute atomic E-state index is 0.0100. The molecule has 1 fully saturated rings. The average molecular weight is 366 g/mol. The van der Waals surface area contributed by atoms with E-state index >= 15 is 0 Å². The third kappa shape index (κ3) is 3.45. The Morgan fingerprint density at radius 3 is 1.85 bits per heavy atom. The van der Waals surface area contributed by atoms with Gasteiger partial charge < -0.3 is 14.4 Å². The third-order valence-corrected chi connectivity index (χ3v) is 4.71. The number of esters is 2. The lowest BCUT2D eigenvalue weighted by Gasteiger charge is -2.15. The molecule has 0 atom stereocenters. The molecule has 0 amide bonds. The second-order valence-corrected chi connectivity index (χ2v) is 6.29. The van der Waals surface area contributed by atoms with E-state index in [1.165, 1.54) is 0 Å². The van der Waals surface area contributed by atoms with E-state index in [0.29, 0.717) is 11.1 Å². The lowest BCUT2D eigenvalue weighted by molar-refractivity contribution is 0.0525. The predicted molar refractivity (Wildman–Crippen MR) is 101 cm³/mol. The standard InChI is InChI=1S/C21H22N2O4/c1-3-26-20(24)18-15-9-7-14(23-11-5-6-12-23)8-10-16(15)19(17(18)13-22)21(25)27-4-2/h7-10H,3-6,11-12H2,1-2H3. The first-order chi connectivity index (χ1) is 13.1. The van der Waals surface area contributed by atoms with E-state index in [9.17, 15) is 14.9 Å². The van der Waals surface area contributed by atoms with Crippen LogP contribution in [0.5, 0.6) is 0 Å². The van der Waals surface area contributed by atoms with Crippen molar-refractivity contribution in [3.05, 3.63) is 41.0 Å². The number of fused-ring (bicyclic) bond motifs is 1. The predicted octanol–water partition coefficient (Wildman–Crippen LogP) is 3.62. The Balaban J connectivity index is 2.23. The van der Waals surface area contributed by atoms with Crippen LogP contribution in [-0.4, -0.2) is 38.2 Å². The largest absolute Gasteiger partial charge is 0.462 e. The van der Waals surface area contributed by atoms with E-state index in [-0.39, 0.29) is 29.9 Å². The molecule has 1 aliphatic heterocycles. The van der Waals surface area contributed by atoms with Crippen LogP contribution in [0.15, 0.2) is 24.3 Å². The zero-order valence-corrected chi connectivity index (χ0v) is 15.6. The van der Waals surface area contributed by atoms with Crippen LogP contribution in [0.4, 0.5) is 5.69 Å². The van der Waals surface area contributed by atoms with E-state index < -0.39 is 11.9 Å². The Kier molecular flexibility index (Phi) is 5.60. The summed E-state index contributed by atoms with van der Waals surface area (Å²) in [6, 6.07) is 9.43. The number of hydrogen-bond acceptors (Lipinski definition) is 6. The first kappa shape index (κ1) is 18.7. The quantitative estimate of drug-likeness (QED) is 0.752. The summed E-state index contributed by atoms with van der Waals surface area (Å²) in [5.74, 6) is -1.22. The molecule has 0 aromatic carbocycles. The van der Waals surface area contributed by atoms with Gasteiger partial charge in [0.1, 0.15) is 6.07 Å². The molecule has 3 aliphatic rings. The molecule has 0 bridgehead atoms. The van der Waals surface area contributed by atoms with Crippen molar-refractivity contribution in [2.45, 2.75) is 26.7 Å². The minimum atomic E-state index is -0.608. The van der Waals surface area contributed by atoms with Crippen molar-refractivity contribution >= 4 is 17.6 Å². The van der Waals surface area contributed by atoms with Crippen LogP contribution in [0.25, 0.3) is 11.1 Å². The van der Waals surface area contributed by atoms with Gasteiger partial charge in [0.15, 0.2) is 0 Å². The fourth-order valence-corrected chi connectivity index (χ4v) is 3.53. The SMILES string of the molecule is CCOC(=O)c1c2ccc(N3CCCC3)ccc-2c(C(=O)OCC)c1C#N. The summed E-state index contributed by atoms with van der Waals surface area (Å²) in [6.45, 7) is 5.73. The highest BCUT2D eigenvalue weighted by molar-refractivity contribution is 6.11. The number of hydrogen-bond donors (Lipinski definition) is 0. The van der Waals surface area contributed by atoms with Gasteiger partial charge in [0.05, 0.1) is 29.9 Å². The molecule has 2 aliphatic carbocycles. The van der Waals surface area contributed by atoms with Gasteiger partial charge in [-0.2, -0.15) is 5.26 Å². The molecule has 6 heteroatoms. The second-order valence-electron chi connectivity index (χ2n) is 6.29. The van der Waals surface area contributed by atoms with Gasteiger partial charge in [-0.15, -0.1) is 0 Å². The molecule has 6 nitrogen and oxygen atoms in total. The summed E-state index contributed by atoms with van der Waals surface area (Å²) < 4.78 is 10.3. The van der Waals surface area contributed by atoms with Crippen LogP contribution in [-0.2, 0) is 9.47 Å². The Hall–Kier alpha value is -3.07. The van der Waals surface area contributed by atoms with Crippen LogP contribution in [0.1, 0.15) is 53.0 Å². The van der Waals surface area contributed by atoms with E-state index in [0.717, 1.165) is 31.6 Å². The topological polar surface area (TPSA) is 79.6 Å². The summed E-state index contributed by atoms with van der Waals surface area (Å²) in [6.07, 6.45) is 2.29. The highest BCUT2D eigenvalue weighted by Gasteiger charge is 2.32. The van der Waals surface area contributed by atoms with Gasteiger partial charge in [-0.25, -0.2) is 9.59 Å². The average Bonchev–Trinajstić information content (AvgIpc) is 3.23. The van der Waals surface area contributed by atoms with Crippen molar-refractivity contribution < 1.29 is 19.1 Å². The maximum absolute atomic E-state index is 12.5. The molecule has 1 saturated heterocycles. The Bertz CT molecular complexity index is 823. The molecule has 0 aromatic rings. The van der Waals surface area contributed by atoms with Crippen LogP contribution < -0.4 is 4.90 Å². The summed E-state index contributed by atoms with van der Waals surface area (Å²) in [4.78, 5) is 27.3. The summed E-state index contributed by atoms with van der Waals surface area (Å²) >= 11 is 0. The zero-order chi connectivity index (χ0) is 19.4. The number of nitriles is 1. The van der Waals surface area contributed by atoms with E-state index in [2.05, 4.69) is 4.90 Å². The van der Waals surface area contributed by atoms with Crippen molar-refractivity contribution in [1.29, 1.82) is 5.26 Å². The number of ether oxygens (including phenoxy) is 2. The number of anilines is 1. The summed E-state index contributed by atoms with van der Waals surface area (Å²) in [5, 5.41) is 9.65.